The molecule has 0 fully saturated rings. The van der Waals surface area contributed by atoms with Crippen molar-refractivity contribution in [2.24, 2.45) is 0 Å². The predicted octanol–water partition coefficient (Wildman–Crippen LogP) is 1.65. The average Bonchev–Trinajstić information content (AvgIpc) is 2.29. The van der Waals surface area contributed by atoms with Crippen molar-refractivity contribution in [1.82, 2.24) is 10.6 Å². The Morgan fingerprint density at radius 2 is 2.11 bits per heavy atom. The van der Waals surface area contributed by atoms with E-state index in [1.807, 2.05) is 32.0 Å². The van der Waals surface area contributed by atoms with Crippen molar-refractivity contribution in [3.8, 4) is 5.75 Å². The third-order valence-electron chi connectivity index (χ3n) is 2.34. The summed E-state index contributed by atoms with van der Waals surface area (Å²) in [6, 6.07) is 5.99. The number of aryl methyl sites for hydroxylation is 1. The molecule has 0 aliphatic rings. The summed E-state index contributed by atoms with van der Waals surface area (Å²) in [6.45, 7) is 5.42. The van der Waals surface area contributed by atoms with E-state index in [0.29, 0.717) is 19.7 Å². The van der Waals surface area contributed by atoms with Crippen LogP contribution >= 0.6 is 12.4 Å². The van der Waals surface area contributed by atoms with E-state index >= 15 is 0 Å². The van der Waals surface area contributed by atoms with Gasteiger partial charge in [0, 0.05) is 12.1 Å². The van der Waals surface area contributed by atoms with Crippen LogP contribution in [0.1, 0.15) is 18.1 Å². The fourth-order valence-corrected chi connectivity index (χ4v) is 1.51. The van der Waals surface area contributed by atoms with Crippen molar-refractivity contribution in [2.45, 2.75) is 20.4 Å². The number of hydrogen-bond donors (Lipinski definition) is 2. The molecule has 0 aliphatic carbocycles. The van der Waals surface area contributed by atoms with Crippen molar-refractivity contribution >= 4 is 18.3 Å². The Kier molecular flexibility index (Phi) is 8.16. The highest BCUT2D eigenvalue weighted by molar-refractivity contribution is 5.85. The minimum atomic E-state index is -0.0180. The maximum absolute atomic E-state index is 11.3. The van der Waals surface area contributed by atoms with Gasteiger partial charge in [0.1, 0.15) is 5.75 Å². The summed E-state index contributed by atoms with van der Waals surface area (Å²) in [7, 11) is 1.75. The van der Waals surface area contributed by atoms with Crippen LogP contribution in [-0.4, -0.2) is 26.1 Å². The monoisotopic (exact) mass is 272 g/mol. The zero-order valence-electron chi connectivity index (χ0n) is 11.1. The lowest BCUT2D eigenvalue weighted by Crippen LogP contribution is -2.31. The fraction of sp³-hybridized carbons (Fsp3) is 0.462. The van der Waals surface area contributed by atoms with Gasteiger partial charge in [0.25, 0.3) is 0 Å². The number of likely N-dealkylation sites (N-methyl/N-ethyl adjacent to an activating group) is 1. The standard InChI is InChI=1S/C13H20N2O2.ClH/c1-4-17-12-7-10(2)5-6-11(12)8-15-13(16)9-14-3;/h5-7,14H,4,8-9H2,1-3H3,(H,15,16);1H. The fourth-order valence-electron chi connectivity index (χ4n) is 1.51. The molecule has 0 atom stereocenters. The molecule has 2 N–H and O–H groups in total. The highest BCUT2D eigenvalue weighted by Crippen LogP contribution is 2.20. The molecule has 0 heterocycles. The van der Waals surface area contributed by atoms with Gasteiger partial charge in [0.2, 0.25) is 5.91 Å². The maximum Gasteiger partial charge on any atom is 0.234 e. The number of carbonyl (C=O) groups excluding carboxylic acids is 1. The van der Waals surface area contributed by atoms with Crippen LogP contribution in [0.25, 0.3) is 0 Å². The van der Waals surface area contributed by atoms with E-state index in [4.69, 9.17) is 4.74 Å². The van der Waals surface area contributed by atoms with E-state index in [1.165, 1.54) is 0 Å². The molecular formula is C13H21ClN2O2. The molecule has 0 aromatic heterocycles. The number of rotatable bonds is 6. The summed E-state index contributed by atoms with van der Waals surface area (Å²) in [6.07, 6.45) is 0. The highest BCUT2D eigenvalue weighted by atomic mass is 35.5. The molecule has 1 aromatic carbocycles. The molecule has 0 bridgehead atoms. The Morgan fingerprint density at radius 3 is 2.72 bits per heavy atom. The lowest BCUT2D eigenvalue weighted by Gasteiger charge is -2.12. The van der Waals surface area contributed by atoms with Crippen LogP contribution in [0.5, 0.6) is 5.75 Å². The predicted molar refractivity (Wildman–Crippen MR) is 75.4 cm³/mol. The largest absolute Gasteiger partial charge is 0.494 e. The molecule has 1 aromatic rings. The third-order valence-corrected chi connectivity index (χ3v) is 2.34. The highest BCUT2D eigenvalue weighted by Gasteiger charge is 2.05. The SMILES string of the molecule is CCOc1cc(C)ccc1CNC(=O)CNC.Cl. The molecule has 1 amide bonds. The molecule has 0 unspecified atom stereocenters. The number of halogens is 1. The molecule has 0 radical (unpaired) electrons. The van der Waals surface area contributed by atoms with Gasteiger partial charge in [-0.25, -0.2) is 0 Å². The van der Waals surface area contributed by atoms with Crippen molar-refractivity contribution in [3.05, 3.63) is 29.3 Å². The van der Waals surface area contributed by atoms with Gasteiger partial charge >= 0.3 is 0 Å². The van der Waals surface area contributed by atoms with Crippen LogP contribution in [0, 0.1) is 6.92 Å². The number of carbonyl (C=O) groups is 1. The van der Waals surface area contributed by atoms with Crippen molar-refractivity contribution in [2.75, 3.05) is 20.2 Å². The van der Waals surface area contributed by atoms with E-state index in [9.17, 15) is 4.79 Å². The Balaban J connectivity index is 0.00000289. The number of amides is 1. The quantitative estimate of drug-likeness (QED) is 0.828. The maximum atomic E-state index is 11.3. The van der Waals surface area contributed by atoms with Crippen LogP contribution < -0.4 is 15.4 Å². The number of nitrogens with one attached hydrogen (secondary N) is 2. The molecule has 102 valence electrons. The minimum absolute atomic E-state index is 0. The summed E-state index contributed by atoms with van der Waals surface area (Å²) in [5, 5.41) is 5.65. The molecule has 0 spiro atoms. The summed E-state index contributed by atoms with van der Waals surface area (Å²) < 4.78 is 5.54. The molecule has 5 heteroatoms. The van der Waals surface area contributed by atoms with Crippen molar-refractivity contribution < 1.29 is 9.53 Å². The van der Waals surface area contributed by atoms with Gasteiger partial charge in [-0.1, -0.05) is 12.1 Å². The van der Waals surface area contributed by atoms with Crippen LogP contribution in [0.15, 0.2) is 18.2 Å². The van der Waals surface area contributed by atoms with Gasteiger partial charge in [-0.3, -0.25) is 4.79 Å². The van der Waals surface area contributed by atoms with Crippen LogP contribution in [0.2, 0.25) is 0 Å². The first kappa shape index (κ1) is 16.7. The zero-order chi connectivity index (χ0) is 12.7. The summed E-state index contributed by atoms with van der Waals surface area (Å²) >= 11 is 0. The van der Waals surface area contributed by atoms with Gasteiger partial charge < -0.3 is 15.4 Å². The van der Waals surface area contributed by atoms with Gasteiger partial charge in [0.15, 0.2) is 0 Å². The third kappa shape index (κ3) is 5.38. The first-order valence-electron chi connectivity index (χ1n) is 5.81. The van der Waals surface area contributed by atoms with E-state index < -0.39 is 0 Å². The van der Waals surface area contributed by atoms with Crippen LogP contribution in [-0.2, 0) is 11.3 Å². The van der Waals surface area contributed by atoms with E-state index in [2.05, 4.69) is 10.6 Å². The lowest BCUT2D eigenvalue weighted by molar-refractivity contribution is -0.120. The Bertz CT molecular complexity index is 383. The number of hydrogen-bond acceptors (Lipinski definition) is 3. The normalized spacial score (nSPS) is 9.50. The second kappa shape index (κ2) is 8.78. The van der Waals surface area contributed by atoms with Gasteiger partial charge in [0.05, 0.1) is 13.2 Å². The molecule has 18 heavy (non-hydrogen) atoms. The van der Waals surface area contributed by atoms with Gasteiger partial charge in [-0.15, -0.1) is 12.4 Å². The minimum Gasteiger partial charge on any atom is -0.494 e. The van der Waals surface area contributed by atoms with E-state index in [-0.39, 0.29) is 18.3 Å². The van der Waals surface area contributed by atoms with Crippen molar-refractivity contribution in [3.63, 3.8) is 0 Å². The topological polar surface area (TPSA) is 50.4 Å². The second-order valence-corrected chi connectivity index (χ2v) is 3.85. The van der Waals surface area contributed by atoms with Gasteiger partial charge in [-0.05, 0) is 32.5 Å². The molecule has 1 rings (SSSR count). The number of benzene rings is 1. The van der Waals surface area contributed by atoms with E-state index in [0.717, 1.165) is 16.9 Å². The lowest BCUT2D eigenvalue weighted by atomic mass is 10.1. The Labute approximate surface area is 115 Å². The van der Waals surface area contributed by atoms with Gasteiger partial charge in [-0.2, -0.15) is 0 Å². The Morgan fingerprint density at radius 1 is 1.39 bits per heavy atom. The first-order chi connectivity index (χ1) is 8.17. The first-order valence-corrected chi connectivity index (χ1v) is 5.81. The average molecular weight is 273 g/mol. The molecule has 0 saturated carbocycles. The smallest absolute Gasteiger partial charge is 0.234 e. The Hall–Kier alpha value is -1.26. The van der Waals surface area contributed by atoms with E-state index in [1.54, 1.807) is 7.05 Å². The van der Waals surface area contributed by atoms with Crippen LogP contribution in [0.4, 0.5) is 0 Å². The number of ether oxygens (including phenoxy) is 1. The summed E-state index contributed by atoms with van der Waals surface area (Å²) in [5.41, 5.74) is 2.15. The molecule has 0 aliphatic heterocycles. The summed E-state index contributed by atoms with van der Waals surface area (Å²) in [5.74, 6) is 0.827. The summed E-state index contributed by atoms with van der Waals surface area (Å²) in [4.78, 5) is 11.3. The zero-order valence-corrected chi connectivity index (χ0v) is 11.9. The van der Waals surface area contributed by atoms with Crippen LogP contribution in [0.3, 0.4) is 0 Å². The molecule has 0 saturated heterocycles. The molecule has 4 nitrogen and oxygen atoms in total. The van der Waals surface area contributed by atoms with Crippen molar-refractivity contribution in [1.29, 1.82) is 0 Å². The second-order valence-electron chi connectivity index (χ2n) is 3.85. The molecular weight excluding hydrogens is 252 g/mol.